The molecule has 8 nitrogen and oxygen atoms in total. The van der Waals surface area contributed by atoms with Crippen LogP contribution in [0.15, 0.2) is 36.7 Å². The van der Waals surface area contributed by atoms with E-state index in [2.05, 4.69) is 25.6 Å². The predicted octanol–water partition coefficient (Wildman–Crippen LogP) is 4.20. The van der Waals surface area contributed by atoms with Gasteiger partial charge < -0.3 is 10.6 Å². The standard InChI is InChI=1S/C18H20N6O2/c1-4-11(2)22-17-16(24(25)26)18(20-10-19-17)23-15-7-5-6-14-13(15)9-8-12(3)21-14/h5-11H,4H2,1-3H3,(H2,19,20,22,23). The van der Waals surface area contributed by atoms with E-state index in [1.165, 1.54) is 6.33 Å². The first-order valence-electron chi connectivity index (χ1n) is 8.39. The van der Waals surface area contributed by atoms with Crippen molar-refractivity contribution in [3.8, 4) is 0 Å². The maximum Gasteiger partial charge on any atom is 0.353 e. The number of hydrogen-bond acceptors (Lipinski definition) is 7. The second-order valence-corrected chi connectivity index (χ2v) is 6.08. The van der Waals surface area contributed by atoms with Crippen LogP contribution in [0.1, 0.15) is 26.0 Å². The van der Waals surface area contributed by atoms with Crippen molar-refractivity contribution in [2.75, 3.05) is 10.6 Å². The topological polar surface area (TPSA) is 106 Å². The highest BCUT2D eigenvalue weighted by atomic mass is 16.6. The van der Waals surface area contributed by atoms with Crippen LogP contribution in [0, 0.1) is 17.0 Å². The van der Waals surface area contributed by atoms with Crippen LogP contribution >= 0.6 is 0 Å². The molecular weight excluding hydrogens is 332 g/mol. The molecule has 0 saturated carbocycles. The van der Waals surface area contributed by atoms with Crippen LogP contribution in [0.25, 0.3) is 10.9 Å². The number of nitro groups is 1. The fraction of sp³-hybridized carbons (Fsp3) is 0.278. The van der Waals surface area contributed by atoms with Gasteiger partial charge in [0, 0.05) is 22.8 Å². The zero-order valence-electron chi connectivity index (χ0n) is 14.9. The van der Waals surface area contributed by atoms with Gasteiger partial charge in [-0.1, -0.05) is 13.0 Å². The Bertz CT molecular complexity index is 960. The van der Waals surface area contributed by atoms with Gasteiger partial charge >= 0.3 is 5.69 Å². The van der Waals surface area contributed by atoms with Crippen molar-refractivity contribution in [3.05, 3.63) is 52.5 Å². The van der Waals surface area contributed by atoms with Gasteiger partial charge in [-0.3, -0.25) is 15.1 Å². The van der Waals surface area contributed by atoms with E-state index in [1.807, 2.05) is 51.1 Å². The van der Waals surface area contributed by atoms with Crippen LogP contribution in [-0.2, 0) is 0 Å². The fourth-order valence-corrected chi connectivity index (χ4v) is 2.58. The van der Waals surface area contributed by atoms with Gasteiger partial charge in [-0.25, -0.2) is 9.97 Å². The van der Waals surface area contributed by atoms with E-state index in [9.17, 15) is 10.1 Å². The average Bonchev–Trinajstić information content (AvgIpc) is 2.61. The molecule has 0 saturated heterocycles. The lowest BCUT2D eigenvalue weighted by molar-refractivity contribution is -0.383. The molecule has 0 fully saturated rings. The monoisotopic (exact) mass is 352 g/mol. The average molecular weight is 352 g/mol. The molecule has 0 amide bonds. The van der Waals surface area contributed by atoms with Crippen molar-refractivity contribution in [3.63, 3.8) is 0 Å². The number of rotatable bonds is 6. The smallest absolute Gasteiger partial charge is 0.353 e. The molecular formula is C18H20N6O2. The maximum absolute atomic E-state index is 11.6. The van der Waals surface area contributed by atoms with Crippen LogP contribution in [0.5, 0.6) is 0 Å². The minimum absolute atomic E-state index is 0.0566. The molecule has 1 unspecified atom stereocenters. The molecule has 0 aliphatic carbocycles. The van der Waals surface area contributed by atoms with Gasteiger partial charge in [-0.15, -0.1) is 0 Å². The van der Waals surface area contributed by atoms with Gasteiger partial charge in [0.05, 0.1) is 10.4 Å². The summed E-state index contributed by atoms with van der Waals surface area (Å²) in [6.45, 7) is 5.86. The minimum Gasteiger partial charge on any atom is -0.362 e. The van der Waals surface area contributed by atoms with E-state index in [-0.39, 0.29) is 23.4 Å². The second kappa shape index (κ2) is 7.30. The first-order chi connectivity index (χ1) is 12.5. The Balaban J connectivity index is 2.05. The number of nitrogens with one attached hydrogen (secondary N) is 2. The summed E-state index contributed by atoms with van der Waals surface area (Å²) in [4.78, 5) is 23.8. The molecule has 8 heteroatoms. The van der Waals surface area contributed by atoms with Gasteiger partial charge in [0.2, 0.25) is 11.6 Å². The molecule has 134 valence electrons. The summed E-state index contributed by atoms with van der Waals surface area (Å²) < 4.78 is 0. The number of fused-ring (bicyclic) bond motifs is 1. The molecule has 2 N–H and O–H groups in total. The Morgan fingerprint density at radius 2 is 1.96 bits per heavy atom. The van der Waals surface area contributed by atoms with Crippen LogP contribution in [0.4, 0.5) is 23.0 Å². The summed E-state index contributed by atoms with van der Waals surface area (Å²) in [5.41, 5.74) is 2.24. The molecule has 26 heavy (non-hydrogen) atoms. The van der Waals surface area contributed by atoms with Crippen LogP contribution in [0.2, 0.25) is 0 Å². The second-order valence-electron chi connectivity index (χ2n) is 6.08. The fourth-order valence-electron chi connectivity index (χ4n) is 2.58. The van der Waals surface area contributed by atoms with Gasteiger partial charge in [-0.2, -0.15) is 0 Å². The Kier molecular flexibility index (Phi) is 4.92. The number of aryl methyl sites for hydroxylation is 1. The van der Waals surface area contributed by atoms with Crippen molar-refractivity contribution < 1.29 is 4.92 Å². The first kappa shape index (κ1) is 17.5. The number of benzene rings is 1. The van der Waals surface area contributed by atoms with Crippen molar-refractivity contribution in [1.29, 1.82) is 0 Å². The highest BCUT2D eigenvalue weighted by molar-refractivity contribution is 5.94. The van der Waals surface area contributed by atoms with Crippen LogP contribution in [0.3, 0.4) is 0 Å². The van der Waals surface area contributed by atoms with Crippen LogP contribution in [-0.4, -0.2) is 25.9 Å². The molecule has 2 heterocycles. The Hall–Kier alpha value is -3.29. The highest BCUT2D eigenvalue weighted by Gasteiger charge is 2.24. The maximum atomic E-state index is 11.6. The lowest BCUT2D eigenvalue weighted by Crippen LogP contribution is -2.16. The lowest BCUT2D eigenvalue weighted by atomic mass is 10.1. The van der Waals surface area contributed by atoms with E-state index < -0.39 is 4.92 Å². The lowest BCUT2D eigenvalue weighted by Gasteiger charge is -2.14. The van der Waals surface area contributed by atoms with Crippen molar-refractivity contribution >= 4 is 33.9 Å². The van der Waals surface area contributed by atoms with Gasteiger partial charge in [-0.05, 0) is 44.5 Å². The summed E-state index contributed by atoms with van der Waals surface area (Å²) >= 11 is 0. The van der Waals surface area contributed by atoms with E-state index >= 15 is 0 Å². The third kappa shape index (κ3) is 3.53. The summed E-state index contributed by atoms with van der Waals surface area (Å²) in [6, 6.07) is 9.48. The Morgan fingerprint density at radius 1 is 1.19 bits per heavy atom. The molecule has 3 aromatic rings. The SMILES string of the molecule is CCC(C)Nc1ncnc(Nc2cccc3nc(C)ccc23)c1[N+](=O)[O-]. The molecule has 1 aromatic carbocycles. The molecule has 0 aliphatic rings. The molecule has 0 aliphatic heterocycles. The van der Waals surface area contributed by atoms with E-state index in [1.54, 1.807) is 0 Å². The molecule has 0 spiro atoms. The summed E-state index contributed by atoms with van der Waals surface area (Å²) in [6.07, 6.45) is 2.13. The Labute approximate surface area is 150 Å². The minimum atomic E-state index is -0.472. The van der Waals surface area contributed by atoms with Crippen LogP contribution < -0.4 is 10.6 Å². The highest BCUT2D eigenvalue weighted by Crippen LogP contribution is 2.33. The molecule has 0 radical (unpaired) electrons. The predicted molar refractivity (Wildman–Crippen MR) is 102 cm³/mol. The van der Waals surface area contributed by atoms with E-state index in [0.29, 0.717) is 5.69 Å². The normalized spacial score (nSPS) is 12.0. The number of pyridine rings is 1. The Morgan fingerprint density at radius 3 is 2.69 bits per heavy atom. The number of nitrogens with zero attached hydrogens (tertiary/aromatic N) is 4. The summed E-state index contributed by atoms with van der Waals surface area (Å²) in [5.74, 6) is 0.347. The van der Waals surface area contributed by atoms with Crippen molar-refractivity contribution in [1.82, 2.24) is 15.0 Å². The van der Waals surface area contributed by atoms with Gasteiger partial charge in [0.25, 0.3) is 0 Å². The molecule has 1 atom stereocenters. The molecule has 3 rings (SSSR count). The molecule has 0 bridgehead atoms. The van der Waals surface area contributed by atoms with E-state index in [0.717, 1.165) is 23.0 Å². The van der Waals surface area contributed by atoms with Gasteiger partial charge in [0.15, 0.2) is 0 Å². The third-order valence-corrected chi connectivity index (χ3v) is 4.12. The largest absolute Gasteiger partial charge is 0.362 e. The summed E-state index contributed by atoms with van der Waals surface area (Å²) in [5, 5.41) is 18.6. The third-order valence-electron chi connectivity index (χ3n) is 4.12. The zero-order chi connectivity index (χ0) is 18.7. The molecule has 2 aromatic heterocycles. The van der Waals surface area contributed by atoms with Crippen molar-refractivity contribution in [2.24, 2.45) is 0 Å². The summed E-state index contributed by atoms with van der Waals surface area (Å²) in [7, 11) is 0. The quantitative estimate of drug-likeness (QED) is 0.506. The van der Waals surface area contributed by atoms with E-state index in [4.69, 9.17) is 0 Å². The van der Waals surface area contributed by atoms with Gasteiger partial charge in [0.1, 0.15) is 6.33 Å². The number of hydrogen-bond donors (Lipinski definition) is 2. The first-order valence-corrected chi connectivity index (χ1v) is 8.39. The number of aromatic nitrogens is 3. The zero-order valence-corrected chi connectivity index (χ0v) is 14.9. The van der Waals surface area contributed by atoms with Crippen molar-refractivity contribution in [2.45, 2.75) is 33.2 Å². The number of anilines is 3.